The van der Waals surface area contributed by atoms with Crippen LogP contribution in [0, 0.1) is 0 Å². The van der Waals surface area contributed by atoms with Gasteiger partial charge in [-0.15, -0.1) is 0 Å². The number of hydrogen-bond donors (Lipinski definition) is 1. The maximum atomic E-state index is 13.6. The van der Waals surface area contributed by atoms with E-state index in [1.807, 2.05) is 23.6 Å². The van der Waals surface area contributed by atoms with Gasteiger partial charge in [0, 0.05) is 10.4 Å². The number of anilines is 2. The first-order valence-corrected chi connectivity index (χ1v) is 9.60. The molecule has 2 aromatic carbocycles. The van der Waals surface area contributed by atoms with Crippen molar-refractivity contribution in [3.8, 4) is 0 Å². The lowest BCUT2D eigenvalue weighted by Crippen LogP contribution is -2.39. The Bertz CT molecular complexity index is 1110. The van der Waals surface area contributed by atoms with Gasteiger partial charge in [0.2, 0.25) is 5.91 Å². The fourth-order valence-electron chi connectivity index (χ4n) is 4.25. The first kappa shape index (κ1) is 16.5. The summed E-state index contributed by atoms with van der Waals surface area (Å²) in [6.45, 7) is 0. The molecule has 134 valence electrons. The highest BCUT2D eigenvalue weighted by atomic mass is 35.5. The number of aromatic nitrogens is 1. The average Bonchev–Trinajstić information content (AvgIpc) is 3.33. The lowest BCUT2D eigenvalue weighted by Gasteiger charge is -2.23. The first-order chi connectivity index (χ1) is 13.0. The van der Waals surface area contributed by atoms with Crippen LogP contribution in [-0.4, -0.2) is 21.4 Å². The summed E-state index contributed by atoms with van der Waals surface area (Å²) in [5, 5.41) is 11.7. The number of carboxylic acid groups (broad SMARTS) is 1. The van der Waals surface area contributed by atoms with Crippen molar-refractivity contribution in [1.29, 1.82) is 0 Å². The van der Waals surface area contributed by atoms with Gasteiger partial charge < -0.3 is 5.11 Å². The molecule has 5 nitrogen and oxygen atoms in total. The smallest absolute Gasteiger partial charge is 0.335 e. The summed E-state index contributed by atoms with van der Waals surface area (Å²) < 4.78 is 4.13. The highest BCUT2D eigenvalue weighted by molar-refractivity contribution is 7.04. The van der Waals surface area contributed by atoms with E-state index in [9.17, 15) is 14.7 Å². The molecule has 1 aliphatic heterocycles. The van der Waals surface area contributed by atoms with Gasteiger partial charge >= 0.3 is 5.97 Å². The lowest BCUT2D eigenvalue weighted by atomic mass is 9.79. The van der Waals surface area contributed by atoms with Crippen molar-refractivity contribution in [2.24, 2.45) is 0 Å². The van der Waals surface area contributed by atoms with E-state index in [0.29, 0.717) is 17.9 Å². The number of nitrogens with zero attached hydrogens (tertiary/aromatic N) is 2. The molecule has 3 aromatic rings. The van der Waals surface area contributed by atoms with Crippen LogP contribution in [0.1, 0.15) is 27.0 Å². The van der Waals surface area contributed by atoms with E-state index >= 15 is 0 Å². The van der Waals surface area contributed by atoms with Crippen molar-refractivity contribution in [3.05, 3.63) is 75.3 Å². The highest BCUT2D eigenvalue weighted by Crippen LogP contribution is 2.52. The zero-order valence-corrected chi connectivity index (χ0v) is 15.5. The van der Waals surface area contributed by atoms with Crippen LogP contribution >= 0.6 is 23.1 Å². The number of halogens is 1. The third-order valence-corrected chi connectivity index (χ3v) is 6.25. The fraction of sp³-hybridized carbons (Fsp3) is 0.150. The van der Waals surface area contributed by atoms with Crippen molar-refractivity contribution < 1.29 is 14.7 Å². The molecule has 1 aliphatic carbocycles. The minimum Gasteiger partial charge on any atom is -0.478 e. The van der Waals surface area contributed by atoms with Gasteiger partial charge in [-0.25, -0.2) is 4.79 Å². The van der Waals surface area contributed by atoms with Crippen LogP contribution in [0.15, 0.2) is 48.0 Å². The molecule has 2 heterocycles. The minimum absolute atomic E-state index is 0.0203. The van der Waals surface area contributed by atoms with E-state index in [0.717, 1.165) is 28.1 Å². The summed E-state index contributed by atoms with van der Waals surface area (Å²) in [6, 6.07) is 10.6. The molecule has 1 aromatic heterocycles. The van der Waals surface area contributed by atoms with Gasteiger partial charge in [0.1, 0.15) is 0 Å². The van der Waals surface area contributed by atoms with Crippen LogP contribution in [0.3, 0.4) is 0 Å². The number of carboxylic acids is 1. The van der Waals surface area contributed by atoms with E-state index in [1.54, 1.807) is 29.3 Å². The van der Waals surface area contributed by atoms with Crippen LogP contribution in [-0.2, 0) is 23.1 Å². The minimum atomic E-state index is -0.963. The number of amides is 1. The maximum Gasteiger partial charge on any atom is 0.335 e. The molecule has 1 unspecified atom stereocenters. The molecule has 2 aliphatic rings. The zero-order valence-electron chi connectivity index (χ0n) is 14.0. The normalized spacial score (nSPS) is 20.2. The Kier molecular flexibility index (Phi) is 3.44. The number of carbonyl (C=O) groups is 2. The van der Waals surface area contributed by atoms with Gasteiger partial charge in [0.25, 0.3) is 0 Å². The Morgan fingerprint density at radius 3 is 2.74 bits per heavy atom. The number of rotatable bonds is 2. The second kappa shape index (κ2) is 5.65. The monoisotopic (exact) mass is 396 g/mol. The number of aromatic carboxylic acids is 1. The van der Waals surface area contributed by atoms with Gasteiger partial charge in [-0.05, 0) is 65.3 Å². The molecular weight excluding hydrogens is 384 g/mol. The molecular formula is C20H13ClN2O3S. The van der Waals surface area contributed by atoms with Gasteiger partial charge in [-0.1, -0.05) is 23.7 Å². The summed E-state index contributed by atoms with van der Waals surface area (Å²) in [6.07, 6.45) is 2.70. The van der Waals surface area contributed by atoms with E-state index in [4.69, 9.17) is 11.6 Å². The molecule has 0 radical (unpaired) electrons. The molecule has 0 bridgehead atoms. The van der Waals surface area contributed by atoms with Crippen LogP contribution in [0.2, 0.25) is 5.02 Å². The topological polar surface area (TPSA) is 70.5 Å². The van der Waals surface area contributed by atoms with Crippen molar-refractivity contribution in [2.45, 2.75) is 18.3 Å². The van der Waals surface area contributed by atoms with E-state index in [1.165, 1.54) is 11.5 Å². The fourth-order valence-corrected chi connectivity index (χ4v) is 4.92. The molecule has 0 saturated heterocycles. The molecule has 27 heavy (non-hydrogen) atoms. The second-order valence-electron chi connectivity index (χ2n) is 6.91. The summed E-state index contributed by atoms with van der Waals surface area (Å²) >= 11 is 7.51. The largest absolute Gasteiger partial charge is 0.478 e. The molecule has 1 amide bonds. The first-order valence-electron chi connectivity index (χ1n) is 8.39. The second-order valence-corrected chi connectivity index (χ2v) is 8.00. The summed E-state index contributed by atoms with van der Waals surface area (Å²) in [4.78, 5) is 26.6. The predicted molar refractivity (Wildman–Crippen MR) is 103 cm³/mol. The predicted octanol–water partition coefficient (Wildman–Crippen LogP) is 4.21. The van der Waals surface area contributed by atoms with Crippen LogP contribution in [0.4, 0.5) is 11.4 Å². The van der Waals surface area contributed by atoms with Crippen LogP contribution in [0.5, 0.6) is 0 Å². The Balaban J connectivity index is 1.67. The third-order valence-electron chi connectivity index (χ3n) is 5.44. The van der Waals surface area contributed by atoms with Crippen LogP contribution in [0.25, 0.3) is 0 Å². The Labute approximate surface area is 164 Å². The highest BCUT2D eigenvalue weighted by Gasteiger charge is 2.54. The quantitative estimate of drug-likeness (QED) is 0.704. The standard InChI is InChI=1S/C20H13ClN2O3S/c21-14-3-4-16-17(6-14)23(15-9-22-27-10-15)19(26)20(16)7-12-2-1-11(18(24)25)5-13(12)8-20/h1-6,9-10H,7-8H2,(H,24,25). The van der Waals surface area contributed by atoms with E-state index in [-0.39, 0.29) is 11.5 Å². The van der Waals surface area contributed by atoms with Crippen molar-refractivity contribution in [3.63, 3.8) is 0 Å². The molecule has 5 rings (SSSR count). The molecule has 0 saturated carbocycles. The summed E-state index contributed by atoms with van der Waals surface area (Å²) in [5.74, 6) is -0.984. The Morgan fingerprint density at radius 2 is 2.00 bits per heavy atom. The number of hydrogen-bond acceptors (Lipinski definition) is 4. The van der Waals surface area contributed by atoms with Gasteiger partial charge in [0.15, 0.2) is 0 Å². The lowest BCUT2D eigenvalue weighted by molar-refractivity contribution is -0.122. The van der Waals surface area contributed by atoms with Crippen molar-refractivity contribution in [2.75, 3.05) is 4.90 Å². The van der Waals surface area contributed by atoms with Crippen molar-refractivity contribution >= 4 is 46.4 Å². The van der Waals surface area contributed by atoms with Gasteiger partial charge in [-0.3, -0.25) is 9.69 Å². The number of fused-ring (bicyclic) bond motifs is 3. The Morgan fingerprint density at radius 1 is 1.19 bits per heavy atom. The average molecular weight is 397 g/mol. The third kappa shape index (κ3) is 2.27. The summed E-state index contributed by atoms with van der Waals surface area (Å²) in [7, 11) is 0. The Hall–Kier alpha value is -2.70. The maximum absolute atomic E-state index is 13.6. The zero-order chi connectivity index (χ0) is 18.8. The van der Waals surface area contributed by atoms with Crippen LogP contribution < -0.4 is 4.90 Å². The summed E-state index contributed by atoms with van der Waals surface area (Å²) in [5.41, 5.74) is 3.87. The molecule has 1 N–H and O–H groups in total. The molecule has 0 fully saturated rings. The molecule has 7 heteroatoms. The van der Waals surface area contributed by atoms with Crippen molar-refractivity contribution in [1.82, 2.24) is 4.37 Å². The number of carbonyl (C=O) groups excluding carboxylic acids is 1. The molecule has 1 spiro atoms. The van der Waals surface area contributed by atoms with Gasteiger partial charge in [0.05, 0.1) is 28.6 Å². The van der Waals surface area contributed by atoms with E-state index < -0.39 is 11.4 Å². The molecule has 1 atom stereocenters. The van der Waals surface area contributed by atoms with Gasteiger partial charge in [-0.2, -0.15) is 4.37 Å². The SMILES string of the molecule is O=C(O)c1ccc2c(c1)CC1(C2)C(=O)N(c2cnsc2)c2cc(Cl)ccc21. The number of benzene rings is 2. The van der Waals surface area contributed by atoms with E-state index in [2.05, 4.69) is 4.37 Å².